The van der Waals surface area contributed by atoms with Gasteiger partial charge in [0.1, 0.15) is 6.29 Å². The van der Waals surface area contributed by atoms with E-state index in [1.807, 2.05) is 26.0 Å². The third-order valence-electron chi connectivity index (χ3n) is 4.23. The highest BCUT2D eigenvalue weighted by molar-refractivity contribution is 5.96. The molecule has 9 heteroatoms. The summed E-state index contributed by atoms with van der Waals surface area (Å²) in [5.41, 5.74) is 1.37. The lowest BCUT2D eigenvalue weighted by atomic mass is 9.99. The van der Waals surface area contributed by atoms with Crippen LogP contribution in [0, 0.1) is 5.92 Å². The molecule has 1 fully saturated rings. The number of amides is 3. The van der Waals surface area contributed by atoms with E-state index in [-0.39, 0.29) is 30.6 Å². The maximum absolute atomic E-state index is 12.1. The molecule has 170 valence electrons. The van der Waals surface area contributed by atoms with Crippen LogP contribution in [0.5, 0.6) is 0 Å². The summed E-state index contributed by atoms with van der Waals surface area (Å²) >= 11 is 0. The highest BCUT2D eigenvalue weighted by atomic mass is 16.2. The summed E-state index contributed by atoms with van der Waals surface area (Å²) in [4.78, 5) is 53.8. The predicted molar refractivity (Wildman–Crippen MR) is 119 cm³/mol. The average molecular weight is 432 g/mol. The Labute approximate surface area is 182 Å². The first-order valence-corrected chi connectivity index (χ1v) is 10.7. The fraction of sp³-hybridized carbons (Fsp3) is 0.500. The van der Waals surface area contributed by atoms with Crippen LogP contribution >= 0.6 is 0 Å². The molecular weight excluding hydrogens is 398 g/mol. The van der Waals surface area contributed by atoms with Crippen LogP contribution in [-0.4, -0.2) is 53.1 Å². The van der Waals surface area contributed by atoms with Gasteiger partial charge in [-0.2, -0.15) is 0 Å². The number of hydrogen-bond acceptors (Lipinski definition) is 5. The summed E-state index contributed by atoms with van der Waals surface area (Å²) in [6.07, 6.45) is 2.74. The minimum Gasteiger partial charge on any atom is -0.356 e. The number of aromatic nitrogens is 2. The van der Waals surface area contributed by atoms with Gasteiger partial charge < -0.3 is 25.7 Å². The van der Waals surface area contributed by atoms with Crippen molar-refractivity contribution in [3.8, 4) is 0 Å². The van der Waals surface area contributed by atoms with Gasteiger partial charge in [0.05, 0.1) is 23.6 Å². The van der Waals surface area contributed by atoms with E-state index in [1.165, 1.54) is 6.42 Å². The van der Waals surface area contributed by atoms with E-state index in [1.54, 1.807) is 12.1 Å². The zero-order valence-corrected chi connectivity index (χ0v) is 18.7. The van der Waals surface area contributed by atoms with Crippen LogP contribution in [0.4, 0.5) is 0 Å². The number of aromatic amines is 1. The Morgan fingerprint density at radius 1 is 1.26 bits per heavy atom. The molecule has 1 saturated heterocycles. The first-order valence-electron chi connectivity index (χ1n) is 10.7. The van der Waals surface area contributed by atoms with E-state index < -0.39 is 17.9 Å². The lowest BCUT2D eigenvalue weighted by Gasteiger charge is -2.15. The van der Waals surface area contributed by atoms with E-state index in [0.717, 1.165) is 5.52 Å². The van der Waals surface area contributed by atoms with Crippen LogP contribution in [0.15, 0.2) is 24.3 Å². The lowest BCUT2D eigenvalue weighted by molar-refractivity contribution is -0.125. The van der Waals surface area contributed by atoms with E-state index in [9.17, 15) is 19.2 Å². The number of fused-ring (bicyclic) bond motifs is 1. The van der Waals surface area contributed by atoms with Crippen molar-refractivity contribution in [3.05, 3.63) is 30.1 Å². The van der Waals surface area contributed by atoms with Gasteiger partial charge in [-0.05, 0) is 25.0 Å². The molecule has 0 saturated carbocycles. The van der Waals surface area contributed by atoms with Gasteiger partial charge in [0.25, 0.3) is 5.91 Å². The van der Waals surface area contributed by atoms with Crippen molar-refractivity contribution in [3.63, 3.8) is 0 Å². The van der Waals surface area contributed by atoms with Gasteiger partial charge in [0.15, 0.2) is 5.82 Å². The molecule has 9 nitrogen and oxygen atoms in total. The molecular formula is C22H33N5O4. The number of hydrogen-bond donors (Lipinski definition) is 4. The molecule has 0 radical (unpaired) electrons. The molecule has 1 aromatic heterocycles. The molecule has 2 atom stereocenters. The summed E-state index contributed by atoms with van der Waals surface area (Å²) < 4.78 is 0. The summed E-state index contributed by atoms with van der Waals surface area (Å²) in [7, 11) is 0. The molecule has 1 aromatic carbocycles. The number of para-hydroxylation sites is 2. The number of carbonyl (C=O) groups excluding carboxylic acids is 4. The predicted octanol–water partition coefficient (Wildman–Crippen LogP) is 1.95. The Hall–Kier alpha value is -3.23. The van der Waals surface area contributed by atoms with E-state index in [2.05, 4.69) is 39.8 Å². The number of rotatable bonds is 7. The molecule has 1 aliphatic rings. The quantitative estimate of drug-likeness (QED) is 0.497. The fourth-order valence-corrected chi connectivity index (χ4v) is 2.89. The Morgan fingerprint density at radius 3 is 2.52 bits per heavy atom. The molecule has 31 heavy (non-hydrogen) atoms. The summed E-state index contributed by atoms with van der Waals surface area (Å²) in [6.45, 7) is 8.54. The maximum Gasteiger partial charge on any atom is 0.287 e. The highest BCUT2D eigenvalue weighted by Crippen LogP contribution is 2.15. The van der Waals surface area contributed by atoms with E-state index in [0.29, 0.717) is 24.8 Å². The second kappa shape index (κ2) is 13.9. The summed E-state index contributed by atoms with van der Waals surface area (Å²) in [6, 6.07) is 6.42. The maximum atomic E-state index is 12.1. The Kier molecular flexibility index (Phi) is 11.6. The molecule has 3 amide bonds. The largest absolute Gasteiger partial charge is 0.356 e. The van der Waals surface area contributed by atoms with Crippen molar-refractivity contribution in [2.24, 2.45) is 5.92 Å². The molecule has 2 aromatic rings. The van der Waals surface area contributed by atoms with Gasteiger partial charge >= 0.3 is 0 Å². The molecule has 0 aliphatic carbocycles. The number of imidazole rings is 1. The molecule has 0 bridgehead atoms. The van der Waals surface area contributed by atoms with Crippen molar-refractivity contribution < 1.29 is 19.2 Å². The topological polar surface area (TPSA) is 133 Å². The Bertz CT molecular complexity index is 831. The third-order valence-corrected chi connectivity index (χ3v) is 4.23. The van der Waals surface area contributed by atoms with Gasteiger partial charge in [-0.15, -0.1) is 0 Å². The molecule has 2 heterocycles. The summed E-state index contributed by atoms with van der Waals surface area (Å²) in [5.74, 6) is -1.31. The molecule has 4 N–H and O–H groups in total. The minimum absolute atomic E-state index is 0.105. The van der Waals surface area contributed by atoms with Gasteiger partial charge in [-0.25, -0.2) is 4.98 Å². The van der Waals surface area contributed by atoms with Gasteiger partial charge in [0.2, 0.25) is 11.8 Å². The average Bonchev–Trinajstić information content (AvgIpc) is 3.39. The number of aldehydes is 1. The van der Waals surface area contributed by atoms with Crippen LogP contribution in [0.2, 0.25) is 0 Å². The Morgan fingerprint density at radius 2 is 1.94 bits per heavy atom. The lowest BCUT2D eigenvalue weighted by Crippen LogP contribution is -2.44. The molecule has 1 aliphatic heterocycles. The van der Waals surface area contributed by atoms with Crippen molar-refractivity contribution >= 4 is 35.0 Å². The van der Waals surface area contributed by atoms with Crippen LogP contribution in [0.3, 0.4) is 0 Å². The number of nitrogens with zero attached hydrogens (tertiary/aromatic N) is 1. The van der Waals surface area contributed by atoms with Gasteiger partial charge in [-0.1, -0.05) is 46.2 Å². The molecule has 0 spiro atoms. The smallest absolute Gasteiger partial charge is 0.287 e. The van der Waals surface area contributed by atoms with Gasteiger partial charge in [-0.3, -0.25) is 14.4 Å². The van der Waals surface area contributed by atoms with Crippen LogP contribution in [-0.2, 0) is 14.4 Å². The SMILES string of the molecule is CC.CCC.O=CC(CC1CCNC1=O)NC(=O)CNC(=O)c1nc2ccccc2[nH]1. The summed E-state index contributed by atoms with van der Waals surface area (Å²) in [5, 5.41) is 7.65. The van der Waals surface area contributed by atoms with Crippen LogP contribution < -0.4 is 16.0 Å². The third kappa shape index (κ3) is 8.19. The van der Waals surface area contributed by atoms with Crippen molar-refractivity contribution in [2.75, 3.05) is 13.1 Å². The van der Waals surface area contributed by atoms with E-state index in [4.69, 9.17) is 0 Å². The number of benzene rings is 1. The van der Waals surface area contributed by atoms with Crippen molar-refractivity contribution in [1.29, 1.82) is 0 Å². The molecule has 2 unspecified atom stereocenters. The Balaban J connectivity index is 0.000000884. The number of nitrogens with one attached hydrogen (secondary N) is 4. The van der Waals surface area contributed by atoms with Crippen molar-refractivity contribution in [2.45, 2.75) is 53.0 Å². The van der Waals surface area contributed by atoms with Crippen molar-refractivity contribution in [1.82, 2.24) is 25.9 Å². The fourth-order valence-electron chi connectivity index (χ4n) is 2.89. The minimum atomic E-state index is -0.764. The second-order valence-corrected chi connectivity index (χ2v) is 6.81. The van der Waals surface area contributed by atoms with Gasteiger partial charge in [0, 0.05) is 12.5 Å². The first kappa shape index (κ1) is 25.8. The molecule has 3 rings (SSSR count). The highest BCUT2D eigenvalue weighted by Gasteiger charge is 2.27. The van der Waals surface area contributed by atoms with Crippen LogP contribution in [0.1, 0.15) is 57.6 Å². The van der Waals surface area contributed by atoms with E-state index >= 15 is 0 Å². The zero-order valence-electron chi connectivity index (χ0n) is 18.7. The zero-order chi connectivity index (χ0) is 23.2. The monoisotopic (exact) mass is 431 g/mol. The standard InChI is InChI=1S/C17H19N5O4.C3H8.C2H6/c23-9-11(7-10-5-6-18-16(10)25)20-14(24)8-19-17(26)15-21-12-3-1-2-4-13(12)22-15;1-3-2;1-2/h1-4,9-11H,5-8H2,(H,18,25)(H,19,26)(H,20,24)(H,21,22);3H2,1-2H3;1-2H3. The second-order valence-electron chi connectivity index (χ2n) is 6.81. The number of H-pyrrole nitrogens is 1. The normalized spacial score (nSPS) is 15.5. The number of carbonyl (C=O) groups is 4. The first-order chi connectivity index (χ1) is 15.0. The van der Waals surface area contributed by atoms with Crippen LogP contribution in [0.25, 0.3) is 11.0 Å².